The smallest absolute Gasteiger partial charge is 0.273 e. The number of hydrogen-bond donors (Lipinski definition) is 1. The van der Waals surface area contributed by atoms with Gasteiger partial charge in [-0.05, 0) is 26.0 Å². The van der Waals surface area contributed by atoms with Crippen molar-refractivity contribution in [3.05, 3.63) is 35.3 Å². The Labute approximate surface area is 159 Å². The molecule has 0 saturated carbocycles. The van der Waals surface area contributed by atoms with E-state index in [0.717, 1.165) is 43.3 Å². The Hall–Kier alpha value is -1.83. The summed E-state index contributed by atoms with van der Waals surface area (Å²) in [6, 6.07) is 8.18. The number of aliphatic hydroxyl groups is 1. The van der Waals surface area contributed by atoms with Crippen LogP contribution < -0.4 is 14.4 Å². The van der Waals surface area contributed by atoms with Crippen LogP contribution in [0.15, 0.2) is 29.6 Å². The first kappa shape index (κ1) is 18.9. The van der Waals surface area contributed by atoms with E-state index < -0.39 is 6.10 Å². The summed E-state index contributed by atoms with van der Waals surface area (Å²) >= 11 is 1.46. The predicted octanol–water partition coefficient (Wildman–Crippen LogP) is 2.41. The highest BCUT2D eigenvalue weighted by atomic mass is 32.1. The molecule has 1 aromatic heterocycles. The van der Waals surface area contributed by atoms with Crippen LogP contribution in [0.5, 0.6) is 10.9 Å². The van der Waals surface area contributed by atoms with Gasteiger partial charge in [0.2, 0.25) is 0 Å². The van der Waals surface area contributed by atoms with Crippen molar-refractivity contribution < 1.29 is 14.6 Å². The fourth-order valence-corrected chi connectivity index (χ4v) is 3.74. The molecule has 1 aromatic carbocycles. The van der Waals surface area contributed by atoms with Gasteiger partial charge in [0, 0.05) is 38.1 Å². The zero-order valence-corrected chi connectivity index (χ0v) is 16.2. The summed E-state index contributed by atoms with van der Waals surface area (Å²) in [5.41, 5.74) is 2.10. The number of anilines is 1. The van der Waals surface area contributed by atoms with Crippen molar-refractivity contribution in [1.82, 2.24) is 9.88 Å². The fraction of sp³-hybridized carbons (Fsp3) is 0.526. The van der Waals surface area contributed by atoms with E-state index in [4.69, 9.17) is 9.47 Å². The summed E-state index contributed by atoms with van der Waals surface area (Å²) in [5.74, 6) is 0.940. The lowest BCUT2D eigenvalue weighted by Crippen LogP contribution is -2.49. The van der Waals surface area contributed by atoms with Crippen molar-refractivity contribution in [2.45, 2.75) is 20.0 Å². The van der Waals surface area contributed by atoms with Gasteiger partial charge in [0.25, 0.3) is 5.19 Å². The highest BCUT2D eigenvalue weighted by Gasteiger charge is 2.21. The van der Waals surface area contributed by atoms with Gasteiger partial charge in [0.05, 0.1) is 18.0 Å². The van der Waals surface area contributed by atoms with E-state index in [-0.39, 0.29) is 6.61 Å². The number of aliphatic hydroxyl groups excluding tert-OH is 1. The lowest BCUT2D eigenvalue weighted by Gasteiger charge is -2.37. The van der Waals surface area contributed by atoms with E-state index in [1.54, 1.807) is 0 Å². The summed E-state index contributed by atoms with van der Waals surface area (Å²) in [6.07, 6.45) is -0.513. The number of ether oxygens (including phenoxy) is 2. The van der Waals surface area contributed by atoms with E-state index in [1.807, 2.05) is 37.4 Å². The van der Waals surface area contributed by atoms with Crippen LogP contribution >= 0.6 is 11.3 Å². The lowest BCUT2D eigenvalue weighted by atomic mass is 10.2. The molecular formula is C19H27N3O3S. The molecule has 7 heteroatoms. The Kier molecular flexibility index (Phi) is 6.71. The van der Waals surface area contributed by atoms with Crippen molar-refractivity contribution in [1.29, 1.82) is 0 Å². The normalized spacial score (nSPS) is 16.5. The van der Waals surface area contributed by atoms with E-state index in [9.17, 15) is 5.11 Å². The highest BCUT2D eigenvalue weighted by Crippen LogP contribution is 2.28. The highest BCUT2D eigenvalue weighted by molar-refractivity contribution is 7.11. The minimum Gasteiger partial charge on any atom is -0.492 e. The standard InChI is InChI=1S/C19H27N3O3S/c1-3-24-18-7-5-4-6-17(18)22-10-8-21(9-11-22)12-16(23)13-25-19-20-15(2)14-26-19/h4-7,14,16,23H,3,8-13H2,1-2H3. The van der Waals surface area contributed by atoms with E-state index >= 15 is 0 Å². The molecule has 1 saturated heterocycles. The van der Waals surface area contributed by atoms with Gasteiger partial charge in [0.15, 0.2) is 0 Å². The maximum absolute atomic E-state index is 10.2. The number of para-hydroxylation sites is 2. The molecule has 1 fully saturated rings. The molecule has 6 nitrogen and oxygen atoms in total. The summed E-state index contributed by atoms with van der Waals surface area (Å²) in [5, 5.41) is 12.8. The third kappa shape index (κ3) is 5.09. The van der Waals surface area contributed by atoms with Crippen molar-refractivity contribution >= 4 is 17.0 Å². The second-order valence-electron chi connectivity index (χ2n) is 6.41. The number of hydrogen-bond acceptors (Lipinski definition) is 7. The molecule has 142 valence electrons. The first-order valence-electron chi connectivity index (χ1n) is 9.08. The first-order chi connectivity index (χ1) is 12.7. The molecule has 2 heterocycles. The van der Waals surface area contributed by atoms with Gasteiger partial charge in [0.1, 0.15) is 18.5 Å². The number of rotatable bonds is 8. The quantitative estimate of drug-likeness (QED) is 0.762. The molecule has 0 aliphatic carbocycles. The third-order valence-corrected chi connectivity index (χ3v) is 5.21. The van der Waals surface area contributed by atoms with Crippen LogP contribution in [0.2, 0.25) is 0 Å². The predicted molar refractivity (Wildman–Crippen MR) is 105 cm³/mol. The van der Waals surface area contributed by atoms with Gasteiger partial charge in [-0.2, -0.15) is 0 Å². The molecule has 0 radical (unpaired) electrons. The van der Waals surface area contributed by atoms with Gasteiger partial charge < -0.3 is 19.5 Å². The molecule has 2 aromatic rings. The van der Waals surface area contributed by atoms with E-state index in [1.165, 1.54) is 11.3 Å². The van der Waals surface area contributed by atoms with Crippen molar-refractivity contribution in [3.63, 3.8) is 0 Å². The second kappa shape index (κ2) is 9.21. The maximum atomic E-state index is 10.2. The van der Waals surface area contributed by atoms with Crippen LogP contribution in [0.3, 0.4) is 0 Å². The van der Waals surface area contributed by atoms with Crippen molar-refractivity contribution in [2.24, 2.45) is 0 Å². The molecule has 0 bridgehead atoms. The molecular weight excluding hydrogens is 350 g/mol. The molecule has 26 heavy (non-hydrogen) atoms. The van der Waals surface area contributed by atoms with Crippen LogP contribution in [-0.2, 0) is 0 Å². The Bertz CT molecular complexity index is 686. The van der Waals surface area contributed by atoms with Crippen LogP contribution in [0.25, 0.3) is 0 Å². The van der Waals surface area contributed by atoms with Gasteiger partial charge >= 0.3 is 0 Å². The second-order valence-corrected chi connectivity index (χ2v) is 7.23. The van der Waals surface area contributed by atoms with Crippen molar-refractivity contribution in [2.75, 3.05) is 50.8 Å². The number of β-amino-alcohol motifs (C(OH)–C–C–N with tert-alkyl or cyclic N) is 1. The Morgan fingerprint density at radius 2 is 1.96 bits per heavy atom. The summed E-state index contributed by atoms with van der Waals surface area (Å²) in [4.78, 5) is 8.88. The van der Waals surface area contributed by atoms with Crippen LogP contribution in [-0.4, -0.2) is 67.0 Å². The molecule has 1 atom stereocenters. The van der Waals surface area contributed by atoms with Crippen LogP contribution in [0, 0.1) is 6.92 Å². The monoisotopic (exact) mass is 377 g/mol. The van der Waals surface area contributed by atoms with Crippen LogP contribution in [0.1, 0.15) is 12.6 Å². The Morgan fingerprint density at radius 1 is 1.19 bits per heavy atom. The number of piperazine rings is 1. The average Bonchev–Trinajstić information content (AvgIpc) is 3.07. The van der Waals surface area contributed by atoms with Crippen LogP contribution in [0.4, 0.5) is 5.69 Å². The number of aromatic nitrogens is 1. The van der Waals surface area contributed by atoms with Gasteiger partial charge in [-0.1, -0.05) is 23.5 Å². The molecule has 1 aliphatic heterocycles. The Balaban J connectivity index is 1.45. The largest absolute Gasteiger partial charge is 0.492 e. The third-order valence-electron chi connectivity index (χ3n) is 4.34. The molecule has 0 spiro atoms. The first-order valence-corrected chi connectivity index (χ1v) is 9.95. The van der Waals surface area contributed by atoms with E-state index in [2.05, 4.69) is 20.9 Å². The SMILES string of the molecule is CCOc1ccccc1N1CCN(CC(O)COc2nc(C)cs2)CC1. The number of aryl methyl sites for hydroxylation is 1. The van der Waals surface area contributed by atoms with E-state index in [0.29, 0.717) is 18.3 Å². The lowest BCUT2D eigenvalue weighted by molar-refractivity contribution is 0.0661. The zero-order chi connectivity index (χ0) is 18.4. The van der Waals surface area contributed by atoms with Gasteiger partial charge in [-0.15, -0.1) is 0 Å². The van der Waals surface area contributed by atoms with Gasteiger partial charge in [-0.25, -0.2) is 4.98 Å². The Morgan fingerprint density at radius 3 is 2.65 bits per heavy atom. The van der Waals surface area contributed by atoms with Crippen molar-refractivity contribution in [3.8, 4) is 10.9 Å². The topological polar surface area (TPSA) is 58.1 Å². The molecule has 1 aliphatic rings. The number of nitrogens with zero attached hydrogens (tertiary/aromatic N) is 3. The molecule has 1 N–H and O–H groups in total. The zero-order valence-electron chi connectivity index (χ0n) is 15.4. The molecule has 0 amide bonds. The minimum absolute atomic E-state index is 0.278. The summed E-state index contributed by atoms with van der Waals surface area (Å²) < 4.78 is 11.3. The number of benzene rings is 1. The van der Waals surface area contributed by atoms with Gasteiger partial charge in [-0.3, -0.25) is 4.90 Å². The number of thiazole rings is 1. The minimum atomic E-state index is -0.513. The maximum Gasteiger partial charge on any atom is 0.273 e. The fourth-order valence-electron chi connectivity index (χ4n) is 3.08. The molecule has 3 rings (SSSR count). The molecule has 1 unspecified atom stereocenters. The summed E-state index contributed by atoms with van der Waals surface area (Å²) in [6.45, 7) is 9.16. The summed E-state index contributed by atoms with van der Waals surface area (Å²) in [7, 11) is 0. The average molecular weight is 378 g/mol.